The summed E-state index contributed by atoms with van der Waals surface area (Å²) in [6.45, 7) is 4.00. The van der Waals surface area contributed by atoms with Crippen molar-refractivity contribution in [1.82, 2.24) is 0 Å². The first-order valence-electron chi connectivity index (χ1n) is 3.20. The number of rotatable bonds is 0. The van der Waals surface area contributed by atoms with Gasteiger partial charge in [0.05, 0.1) is 0 Å². The van der Waals surface area contributed by atoms with Gasteiger partial charge in [-0.2, -0.15) is 0 Å². The maximum Gasteiger partial charge on any atom is 0.124 e. The van der Waals surface area contributed by atoms with Gasteiger partial charge in [0.2, 0.25) is 0 Å². The van der Waals surface area contributed by atoms with E-state index < -0.39 is 0 Å². The molecule has 1 aromatic rings. The summed E-state index contributed by atoms with van der Waals surface area (Å²) in [4.78, 5) is 0. The van der Waals surface area contributed by atoms with E-state index in [0.29, 0.717) is 5.02 Å². The SMILES string of the molecule is CC.Fc1cccc(Cl)c1. The molecule has 0 atom stereocenters. The second kappa shape index (κ2) is 5.24. The van der Waals surface area contributed by atoms with Gasteiger partial charge in [0.1, 0.15) is 5.82 Å². The molecule has 10 heavy (non-hydrogen) atoms. The molecule has 0 nitrogen and oxygen atoms in total. The van der Waals surface area contributed by atoms with Gasteiger partial charge in [-0.05, 0) is 18.2 Å². The summed E-state index contributed by atoms with van der Waals surface area (Å²) >= 11 is 5.40. The van der Waals surface area contributed by atoms with Gasteiger partial charge >= 0.3 is 0 Å². The zero-order valence-corrected chi connectivity index (χ0v) is 6.82. The summed E-state index contributed by atoms with van der Waals surface area (Å²) in [6, 6.07) is 5.82. The molecule has 0 aliphatic carbocycles. The minimum Gasteiger partial charge on any atom is -0.207 e. The first kappa shape index (κ1) is 9.44. The van der Waals surface area contributed by atoms with Crippen molar-refractivity contribution in [3.05, 3.63) is 35.1 Å². The van der Waals surface area contributed by atoms with Crippen LogP contribution in [-0.2, 0) is 0 Å². The molecule has 0 N–H and O–H groups in total. The summed E-state index contributed by atoms with van der Waals surface area (Å²) in [5.41, 5.74) is 0. The predicted molar refractivity (Wildman–Crippen MR) is 42.8 cm³/mol. The molecule has 56 valence electrons. The van der Waals surface area contributed by atoms with Crippen LogP contribution >= 0.6 is 11.6 Å². The van der Waals surface area contributed by atoms with Crippen LogP contribution in [0.15, 0.2) is 24.3 Å². The highest BCUT2D eigenvalue weighted by Crippen LogP contribution is 2.07. The van der Waals surface area contributed by atoms with Crippen LogP contribution in [0, 0.1) is 5.82 Å². The fourth-order valence-electron chi connectivity index (χ4n) is 0.460. The maximum atomic E-state index is 12.1. The van der Waals surface area contributed by atoms with E-state index in [4.69, 9.17) is 11.6 Å². The molecule has 1 rings (SSSR count). The van der Waals surface area contributed by atoms with Gasteiger partial charge in [-0.25, -0.2) is 4.39 Å². The molecule has 0 aliphatic rings. The summed E-state index contributed by atoms with van der Waals surface area (Å²) in [5.74, 6) is -0.294. The van der Waals surface area contributed by atoms with Crippen molar-refractivity contribution in [2.45, 2.75) is 13.8 Å². The molecule has 0 unspecified atom stereocenters. The Hall–Kier alpha value is -0.560. The van der Waals surface area contributed by atoms with Crippen molar-refractivity contribution >= 4 is 11.6 Å². The quantitative estimate of drug-likeness (QED) is 0.545. The number of halogens is 2. The summed E-state index contributed by atoms with van der Waals surface area (Å²) in [6.07, 6.45) is 0. The molecular formula is C8H10ClF. The molecule has 0 heterocycles. The molecule has 0 bridgehead atoms. The van der Waals surface area contributed by atoms with E-state index in [0.717, 1.165) is 0 Å². The van der Waals surface area contributed by atoms with E-state index in [-0.39, 0.29) is 5.82 Å². The van der Waals surface area contributed by atoms with Gasteiger partial charge in [-0.3, -0.25) is 0 Å². The average Bonchev–Trinajstić information content (AvgIpc) is 1.91. The van der Waals surface area contributed by atoms with Gasteiger partial charge in [0.15, 0.2) is 0 Å². The molecule has 0 saturated heterocycles. The molecule has 0 aliphatic heterocycles. The average molecular weight is 161 g/mol. The molecule has 0 spiro atoms. The van der Waals surface area contributed by atoms with Crippen LogP contribution in [0.1, 0.15) is 13.8 Å². The predicted octanol–water partition coefficient (Wildman–Crippen LogP) is 3.51. The Kier molecular flexibility index (Phi) is 4.95. The Morgan fingerprint density at radius 1 is 1.30 bits per heavy atom. The lowest BCUT2D eigenvalue weighted by atomic mass is 10.4. The Morgan fingerprint density at radius 2 is 1.90 bits per heavy atom. The smallest absolute Gasteiger partial charge is 0.124 e. The van der Waals surface area contributed by atoms with Gasteiger partial charge < -0.3 is 0 Å². The topological polar surface area (TPSA) is 0 Å². The fourth-order valence-corrected chi connectivity index (χ4v) is 0.637. The van der Waals surface area contributed by atoms with Crippen LogP contribution in [0.3, 0.4) is 0 Å². The van der Waals surface area contributed by atoms with Crippen molar-refractivity contribution in [2.75, 3.05) is 0 Å². The molecule has 1 aromatic carbocycles. The summed E-state index contributed by atoms with van der Waals surface area (Å²) in [7, 11) is 0. The third kappa shape index (κ3) is 3.46. The van der Waals surface area contributed by atoms with Gasteiger partial charge in [-0.1, -0.05) is 31.5 Å². The molecule has 0 amide bonds. The Balaban J connectivity index is 0.000000371. The second-order valence-electron chi connectivity index (χ2n) is 1.44. The van der Waals surface area contributed by atoms with Gasteiger partial charge in [0, 0.05) is 5.02 Å². The third-order valence-electron chi connectivity index (χ3n) is 0.787. The molecule has 0 saturated carbocycles. The lowest BCUT2D eigenvalue weighted by molar-refractivity contribution is 0.628. The normalized spacial score (nSPS) is 8.00. The zero-order chi connectivity index (χ0) is 7.98. The minimum absolute atomic E-state index is 0.294. The monoisotopic (exact) mass is 160 g/mol. The first-order valence-corrected chi connectivity index (χ1v) is 3.58. The Labute approximate surface area is 65.6 Å². The number of hydrogen-bond donors (Lipinski definition) is 0. The van der Waals surface area contributed by atoms with E-state index in [1.165, 1.54) is 12.1 Å². The third-order valence-corrected chi connectivity index (χ3v) is 1.02. The van der Waals surface area contributed by atoms with Crippen LogP contribution in [0.2, 0.25) is 5.02 Å². The molecular weight excluding hydrogens is 151 g/mol. The van der Waals surface area contributed by atoms with E-state index >= 15 is 0 Å². The van der Waals surface area contributed by atoms with Crippen LogP contribution in [0.25, 0.3) is 0 Å². The highest BCUT2D eigenvalue weighted by molar-refractivity contribution is 6.30. The zero-order valence-electron chi connectivity index (χ0n) is 6.07. The van der Waals surface area contributed by atoms with Crippen molar-refractivity contribution in [1.29, 1.82) is 0 Å². The maximum absolute atomic E-state index is 12.1. The second-order valence-corrected chi connectivity index (χ2v) is 1.88. The largest absolute Gasteiger partial charge is 0.207 e. The summed E-state index contributed by atoms with van der Waals surface area (Å²) in [5, 5.41) is 0.435. The lowest BCUT2D eigenvalue weighted by Crippen LogP contribution is -1.68. The highest BCUT2D eigenvalue weighted by atomic mass is 35.5. The van der Waals surface area contributed by atoms with Crippen LogP contribution < -0.4 is 0 Å². The van der Waals surface area contributed by atoms with Crippen molar-refractivity contribution in [3.8, 4) is 0 Å². The highest BCUT2D eigenvalue weighted by Gasteiger charge is 1.86. The standard InChI is InChI=1S/C6H4ClF.C2H6/c7-5-2-1-3-6(8)4-5;1-2/h1-4H;1-2H3. The molecule has 0 radical (unpaired) electrons. The van der Waals surface area contributed by atoms with Crippen molar-refractivity contribution in [3.63, 3.8) is 0 Å². The first-order chi connectivity index (χ1) is 4.79. The van der Waals surface area contributed by atoms with E-state index in [1.54, 1.807) is 12.1 Å². The van der Waals surface area contributed by atoms with E-state index in [2.05, 4.69) is 0 Å². The van der Waals surface area contributed by atoms with Crippen LogP contribution in [-0.4, -0.2) is 0 Å². The Bertz CT molecular complexity index is 169. The fraction of sp³-hybridized carbons (Fsp3) is 0.250. The minimum atomic E-state index is -0.294. The van der Waals surface area contributed by atoms with Crippen molar-refractivity contribution < 1.29 is 4.39 Å². The number of benzene rings is 1. The van der Waals surface area contributed by atoms with Gasteiger partial charge in [0.25, 0.3) is 0 Å². The van der Waals surface area contributed by atoms with Gasteiger partial charge in [-0.15, -0.1) is 0 Å². The number of hydrogen-bond acceptors (Lipinski definition) is 0. The molecule has 0 aromatic heterocycles. The van der Waals surface area contributed by atoms with E-state index in [1.807, 2.05) is 13.8 Å². The Morgan fingerprint density at radius 3 is 2.20 bits per heavy atom. The summed E-state index contributed by atoms with van der Waals surface area (Å²) < 4.78 is 12.1. The van der Waals surface area contributed by atoms with Crippen molar-refractivity contribution in [2.24, 2.45) is 0 Å². The molecule has 2 heteroatoms. The van der Waals surface area contributed by atoms with Crippen LogP contribution in [0.5, 0.6) is 0 Å². The molecule has 0 fully saturated rings. The van der Waals surface area contributed by atoms with E-state index in [9.17, 15) is 4.39 Å². The lowest BCUT2D eigenvalue weighted by Gasteiger charge is -1.85. The van der Waals surface area contributed by atoms with Crippen LogP contribution in [0.4, 0.5) is 4.39 Å².